The number of rotatable bonds is 6. The van der Waals surface area contributed by atoms with Crippen LogP contribution in [0.3, 0.4) is 0 Å². The Morgan fingerprint density at radius 3 is 2.79 bits per heavy atom. The van der Waals surface area contributed by atoms with Crippen molar-refractivity contribution in [2.24, 2.45) is 5.92 Å². The van der Waals surface area contributed by atoms with Crippen LogP contribution in [0.5, 0.6) is 11.5 Å². The lowest BCUT2D eigenvalue weighted by Crippen LogP contribution is -2.46. The summed E-state index contributed by atoms with van der Waals surface area (Å²) in [6, 6.07) is 0.234. The Kier molecular flexibility index (Phi) is 8.18. The van der Waals surface area contributed by atoms with E-state index in [4.69, 9.17) is 18.9 Å². The van der Waals surface area contributed by atoms with Gasteiger partial charge in [0.2, 0.25) is 0 Å². The number of hydrogen-bond donors (Lipinski definition) is 3. The first-order chi connectivity index (χ1) is 13.7. The van der Waals surface area contributed by atoms with E-state index in [1.165, 1.54) is 26.3 Å². The van der Waals surface area contributed by atoms with Crippen LogP contribution in [0.2, 0.25) is 0 Å². The summed E-state index contributed by atoms with van der Waals surface area (Å²) in [6.45, 7) is 5.71. The molecule has 1 aliphatic heterocycles. The molecule has 29 heavy (non-hydrogen) atoms. The van der Waals surface area contributed by atoms with Gasteiger partial charge in [-0.25, -0.2) is 9.78 Å². The number of carbonyl (C=O) groups excluding carboxylic acids is 2. The molecule has 3 N–H and O–H groups in total. The van der Waals surface area contributed by atoms with Gasteiger partial charge in [-0.15, -0.1) is 0 Å². The number of cyclic esters (lactones) is 1. The third kappa shape index (κ3) is 6.02. The molecule has 4 unspecified atom stereocenters. The van der Waals surface area contributed by atoms with Crippen LogP contribution in [-0.2, 0) is 19.0 Å². The predicted molar refractivity (Wildman–Crippen MR) is 101 cm³/mol. The van der Waals surface area contributed by atoms with E-state index in [-0.39, 0.29) is 30.6 Å². The average Bonchev–Trinajstić information content (AvgIpc) is 2.72. The van der Waals surface area contributed by atoms with Crippen molar-refractivity contribution >= 4 is 11.9 Å². The van der Waals surface area contributed by atoms with Gasteiger partial charge in [-0.2, -0.15) is 0 Å². The Labute approximate surface area is 169 Å². The van der Waals surface area contributed by atoms with Crippen LogP contribution in [0.4, 0.5) is 0 Å². The number of nitrogens with one attached hydrogen (secondary N) is 1. The minimum atomic E-state index is -1.16. The zero-order valence-corrected chi connectivity index (χ0v) is 17.0. The Bertz CT molecular complexity index is 711. The van der Waals surface area contributed by atoms with Gasteiger partial charge >= 0.3 is 5.97 Å². The second kappa shape index (κ2) is 10.4. The standard InChI is InChI=1S/C19H28N2O8/c1-10(2)7-28-14-9-27-8-12(19(25)29-11(3)16(14)22)21-18(24)15-17(23)13(26-4)5-6-20-15/h5-6,10-12,14,16,22-23H,7-9H2,1-4H3,(H,21,24). The van der Waals surface area contributed by atoms with Crippen molar-refractivity contribution in [1.29, 1.82) is 0 Å². The van der Waals surface area contributed by atoms with Crippen LogP contribution in [0.1, 0.15) is 31.3 Å². The van der Waals surface area contributed by atoms with Crippen LogP contribution < -0.4 is 10.1 Å². The molecule has 0 saturated carbocycles. The van der Waals surface area contributed by atoms with Crippen molar-refractivity contribution in [2.75, 3.05) is 26.9 Å². The van der Waals surface area contributed by atoms with E-state index in [2.05, 4.69) is 10.3 Å². The molecule has 10 nitrogen and oxygen atoms in total. The third-order valence-electron chi connectivity index (χ3n) is 4.29. The van der Waals surface area contributed by atoms with Crippen LogP contribution in [0, 0.1) is 5.92 Å². The molecule has 1 aromatic heterocycles. The molecule has 1 saturated heterocycles. The minimum absolute atomic E-state index is 0.0178. The van der Waals surface area contributed by atoms with Crippen molar-refractivity contribution < 1.29 is 38.7 Å². The summed E-state index contributed by atoms with van der Waals surface area (Å²) in [7, 11) is 1.34. The molecular formula is C19H28N2O8. The van der Waals surface area contributed by atoms with Crippen molar-refractivity contribution in [3.05, 3.63) is 18.0 Å². The number of aliphatic hydroxyl groups is 1. The highest BCUT2D eigenvalue weighted by atomic mass is 16.6. The number of carbonyl (C=O) groups is 2. The van der Waals surface area contributed by atoms with E-state index < -0.39 is 42.0 Å². The molecule has 1 aliphatic rings. The smallest absolute Gasteiger partial charge is 0.331 e. The summed E-state index contributed by atoms with van der Waals surface area (Å²) < 4.78 is 21.4. The lowest BCUT2D eigenvalue weighted by Gasteiger charge is -2.27. The second-order valence-corrected chi connectivity index (χ2v) is 7.17. The van der Waals surface area contributed by atoms with Crippen LogP contribution in [0.25, 0.3) is 0 Å². The summed E-state index contributed by atoms with van der Waals surface area (Å²) >= 11 is 0. The van der Waals surface area contributed by atoms with Gasteiger partial charge in [0.15, 0.2) is 23.2 Å². The normalized spacial score (nSPS) is 25.5. The number of methoxy groups -OCH3 is 1. The monoisotopic (exact) mass is 412 g/mol. The topological polar surface area (TPSA) is 136 Å². The molecule has 2 rings (SSSR count). The first kappa shape index (κ1) is 22.9. The number of aromatic hydroxyl groups is 1. The van der Waals surface area contributed by atoms with Crippen LogP contribution in [-0.4, -0.2) is 78.4 Å². The van der Waals surface area contributed by atoms with E-state index in [1.807, 2.05) is 13.8 Å². The lowest BCUT2D eigenvalue weighted by molar-refractivity contribution is -0.161. The fourth-order valence-electron chi connectivity index (χ4n) is 2.66. The molecule has 0 aliphatic carbocycles. The Morgan fingerprint density at radius 1 is 1.41 bits per heavy atom. The summed E-state index contributed by atoms with van der Waals surface area (Å²) in [5.41, 5.74) is -0.303. The number of aromatic nitrogens is 1. The van der Waals surface area contributed by atoms with Gasteiger partial charge in [-0.1, -0.05) is 13.8 Å². The molecule has 4 atom stereocenters. The molecule has 0 bridgehead atoms. The number of amides is 1. The summed E-state index contributed by atoms with van der Waals surface area (Å²) in [5.74, 6) is -1.71. The summed E-state index contributed by atoms with van der Waals surface area (Å²) in [6.07, 6.45) is -1.35. The SMILES string of the molecule is COc1ccnc(C(=O)NC2COCC(OCC(C)C)C(O)C(C)OC2=O)c1O. The van der Waals surface area contributed by atoms with E-state index in [0.717, 1.165) is 0 Å². The fourth-order valence-corrected chi connectivity index (χ4v) is 2.66. The van der Waals surface area contributed by atoms with E-state index in [9.17, 15) is 19.8 Å². The number of aliphatic hydroxyl groups excluding tert-OH is 1. The molecule has 0 spiro atoms. The molecule has 0 radical (unpaired) electrons. The van der Waals surface area contributed by atoms with E-state index in [0.29, 0.717) is 6.61 Å². The van der Waals surface area contributed by atoms with Crippen LogP contribution in [0.15, 0.2) is 12.3 Å². The van der Waals surface area contributed by atoms with E-state index in [1.54, 1.807) is 0 Å². The summed E-state index contributed by atoms with van der Waals surface area (Å²) in [4.78, 5) is 28.8. The van der Waals surface area contributed by atoms with Crippen molar-refractivity contribution in [3.8, 4) is 11.5 Å². The number of hydrogen-bond acceptors (Lipinski definition) is 9. The molecule has 1 aromatic rings. The van der Waals surface area contributed by atoms with Gasteiger partial charge in [-0.05, 0) is 12.8 Å². The second-order valence-electron chi connectivity index (χ2n) is 7.17. The highest BCUT2D eigenvalue weighted by Crippen LogP contribution is 2.27. The Balaban J connectivity index is 2.10. The minimum Gasteiger partial charge on any atom is -0.503 e. The number of nitrogens with zero attached hydrogens (tertiary/aromatic N) is 1. The maximum absolute atomic E-state index is 12.5. The van der Waals surface area contributed by atoms with Gasteiger partial charge < -0.3 is 34.5 Å². The molecule has 1 amide bonds. The van der Waals surface area contributed by atoms with Crippen LogP contribution >= 0.6 is 0 Å². The van der Waals surface area contributed by atoms with Crippen molar-refractivity contribution in [2.45, 2.75) is 45.1 Å². The van der Waals surface area contributed by atoms with Gasteiger partial charge in [0.05, 0.1) is 20.3 Å². The number of esters is 1. The number of ether oxygens (including phenoxy) is 4. The molecular weight excluding hydrogens is 384 g/mol. The maximum atomic E-state index is 12.5. The highest BCUT2D eigenvalue weighted by molar-refractivity contribution is 5.98. The fraction of sp³-hybridized carbons (Fsp3) is 0.632. The Morgan fingerprint density at radius 2 is 2.14 bits per heavy atom. The largest absolute Gasteiger partial charge is 0.503 e. The first-order valence-corrected chi connectivity index (χ1v) is 9.35. The van der Waals surface area contributed by atoms with Gasteiger partial charge in [0.25, 0.3) is 5.91 Å². The lowest BCUT2D eigenvalue weighted by atomic mass is 10.1. The zero-order chi connectivity index (χ0) is 21.6. The number of pyridine rings is 1. The molecule has 1 fully saturated rings. The average molecular weight is 412 g/mol. The van der Waals surface area contributed by atoms with Crippen molar-refractivity contribution in [3.63, 3.8) is 0 Å². The van der Waals surface area contributed by atoms with Gasteiger partial charge in [-0.3, -0.25) is 4.79 Å². The third-order valence-corrected chi connectivity index (χ3v) is 4.29. The highest BCUT2D eigenvalue weighted by Gasteiger charge is 2.34. The molecule has 2 heterocycles. The Hall–Kier alpha value is -2.43. The maximum Gasteiger partial charge on any atom is 0.331 e. The van der Waals surface area contributed by atoms with Crippen molar-refractivity contribution in [1.82, 2.24) is 10.3 Å². The molecule has 162 valence electrons. The summed E-state index contributed by atoms with van der Waals surface area (Å²) in [5, 5.41) is 22.9. The molecule has 10 heteroatoms. The quantitative estimate of drug-likeness (QED) is 0.562. The predicted octanol–water partition coefficient (Wildman–Crippen LogP) is 0.258. The van der Waals surface area contributed by atoms with Gasteiger partial charge in [0, 0.05) is 18.9 Å². The molecule has 0 aromatic carbocycles. The van der Waals surface area contributed by atoms with E-state index >= 15 is 0 Å². The van der Waals surface area contributed by atoms with Gasteiger partial charge in [0.1, 0.15) is 18.3 Å². The first-order valence-electron chi connectivity index (χ1n) is 9.35. The zero-order valence-electron chi connectivity index (χ0n) is 17.0.